The van der Waals surface area contributed by atoms with E-state index in [0.717, 1.165) is 22.8 Å². The normalized spacial score (nSPS) is 10.6. The van der Waals surface area contributed by atoms with Crippen LogP contribution in [0.15, 0.2) is 18.2 Å². The zero-order valence-electron chi connectivity index (χ0n) is 10.6. The molecule has 0 aliphatic rings. The number of aryl methyl sites for hydroxylation is 1. The molecule has 1 aromatic carbocycles. The van der Waals surface area contributed by atoms with Crippen LogP contribution in [0, 0.1) is 20.8 Å². The molecule has 0 fully saturated rings. The Morgan fingerprint density at radius 3 is 2.41 bits per heavy atom. The zero-order chi connectivity index (χ0) is 12.6. The van der Waals surface area contributed by atoms with Crippen molar-refractivity contribution in [3.63, 3.8) is 0 Å². The molecule has 0 radical (unpaired) electrons. The summed E-state index contributed by atoms with van der Waals surface area (Å²) in [4.78, 5) is 0. The molecule has 4 heteroatoms. The number of rotatable bonds is 2. The molecule has 2 aromatic rings. The van der Waals surface area contributed by atoms with E-state index in [4.69, 9.17) is 10.5 Å². The quantitative estimate of drug-likeness (QED) is 0.807. The Kier molecular flexibility index (Phi) is 2.79. The summed E-state index contributed by atoms with van der Waals surface area (Å²) in [5, 5.41) is 4.49. The highest BCUT2D eigenvalue weighted by Crippen LogP contribution is 2.25. The van der Waals surface area contributed by atoms with Gasteiger partial charge in [-0.05, 0) is 38.5 Å². The fraction of sp³-hybridized carbons (Fsp3) is 0.308. The van der Waals surface area contributed by atoms with E-state index in [1.165, 1.54) is 5.56 Å². The fourth-order valence-electron chi connectivity index (χ4n) is 1.81. The molecule has 0 spiro atoms. The van der Waals surface area contributed by atoms with Crippen molar-refractivity contribution < 1.29 is 4.74 Å². The second-order valence-electron chi connectivity index (χ2n) is 4.13. The number of nitrogen functional groups attached to an aromatic ring is 1. The molecule has 0 atom stereocenters. The lowest BCUT2D eigenvalue weighted by Gasteiger charge is -2.09. The third kappa shape index (κ3) is 1.86. The molecule has 17 heavy (non-hydrogen) atoms. The average molecular weight is 231 g/mol. The predicted molar refractivity (Wildman–Crippen MR) is 68.7 cm³/mol. The number of nitrogens with zero attached hydrogens (tertiary/aromatic N) is 2. The minimum Gasteiger partial charge on any atom is -0.497 e. The topological polar surface area (TPSA) is 53.1 Å². The summed E-state index contributed by atoms with van der Waals surface area (Å²) in [6.45, 7) is 6.10. The number of ether oxygens (including phenoxy) is 1. The molecule has 4 nitrogen and oxygen atoms in total. The van der Waals surface area contributed by atoms with Gasteiger partial charge in [0.15, 0.2) is 0 Å². The maximum absolute atomic E-state index is 6.02. The lowest BCUT2D eigenvalue weighted by Crippen LogP contribution is -2.03. The average Bonchev–Trinajstić information content (AvgIpc) is 2.57. The Labute approximate surface area is 101 Å². The number of anilines is 1. The molecule has 0 saturated carbocycles. The van der Waals surface area contributed by atoms with Crippen LogP contribution in [-0.4, -0.2) is 16.9 Å². The van der Waals surface area contributed by atoms with Gasteiger partial charge in [0.25, 0.3) is 0 Å². The fourth-order valence-corrected chi connectivity index (χ4v) is 1.81. The first-order valence-electron chi connectivity index (χ1n) is 5.51. The Hall–Kier alpha value is -1.97. The van der Waals surface area contributed by atoms with Gasteiger partial charge in [0, 0.05) is 11.8 Å². The minimum absolute atomic E-state index is 0.662. The summed E-state index contributed by atoms with van der Waals surface area (Å²) in [6.07, 6.45) is 0. The molecular formula is C13H17N3O. The highest BCUT2D eigenvalue weighted by Gasteiger charge is 2.11. The van der Waals surface area contributed by atoms with Gasteiger partial charge < -0.3 is 10.5 Å². The van der Waals surface area contributed by atoms with Crippen LogP contribution in [0.2, 0.25) is 0 Å². The smallest absolute Gasteiger partial charge is 0.121 e. The summed E-state index contributed by atoms with van der Waals surface area (Å²) in [6, 6.07) is 5.62. The Morgan fingerprint density at radius 2 is 1.94 bits per heavy atom. The first kappa shape index (κ1) is 11.5. The summed E-state index contributed by atoms with van der Waals surface area (Å²) in [5.74, 6) is 0.754. The van der Waals surface area contributed by atoms with Gasteiger partial charge in [-0.15, -0.1) is 0 Å². The Balaban J connectivity index is 2.57. The van der Waals surface area contributed by atoms with Crippen LogP contribution < -0.4 is 10.5 Å². The number of aromatic nitrogens is 2. The van der Waals surface area contributed by atoms with E-state index in [-0.39, 0.29) is 0 Å². The molecule has 0 aliphatic carbocycles. The van der Waals surface area contributed by atoms with Crippen LogP contribution in [0.3, 0.4) is 0 Å². The second-order valence-corrected chi connectivity index (χ2v) is 4.13. The standard InChI is InChI=1S/C13H17N3O/c1-8-9(2)15-16(10(8)3)13-6-5-11(17-4)7-12(13)14/h5-7H,14H2,1-4H3. The van der Waals surface area contributed by atoms with Crippen molar-refractivity contribution in [1.82, 2.24) is 9.78 Å². The van der Waals surface area contributed by atoms with E-state index in [9.17, 15) is 0 Å². The SMILES string of the molecule is COc1ccc(-n2nc(C)c(C)c2C)c(N)c1. The molecule has 90 valence electrons. The van der Waals surface area contributed by atoms with Crippen LogP contribution in [0.25, 0.3) is 5.69 Å². The van der Waals surface area contributed by atoms with Crippen LogP contribution in [0.4, 0.5) is 5.69 Å². The van der Waals surface area contributed by atoms with Crippen LogP contribution in [0.1, 0.15) is 17.0 Å². The zero-order valence-corrected chi connectivity index (χ0v) is 10.6. The molecule has 0 saturated heterocycles. The maximum Gasteiger partial charge on any atom is 0.121 e. The van der Waals surface area contributed by atoms with Gasteiger partial charge >= 0.3 is 0 Å². The molecule has 2 N–H and O–H groups in total. The van der Waals surface area contributed by atoms with Gasteiger partial charge in [0.1, 0.15) is 5.75 Å². The van der Waals surface area contributed by atoms with Crippen LogP contribution in [0.5, 0.6) is 5.75 Å². The molecule has 0 bridgehead atoms. The molecule has 1 aromatic heterocycles. The highest BCUT2D eigenvalue weighted by molar-refractivity contribution is 5.61. The van der Waals surface area contributed by atoms with E-state index in [2.05, 4.69) is 12.0 Å². The van der Waals surface area contributed by atoms with E-state index in [1.54, 1.807) is 13.2 Å². The number of benzene rings is 1. The van der Waals surface area contributed by atoms with Gasteiger partial charge in [0.2, 0.25) is 0 Å². The van der Waals surface area contributed by atoms with Gasteiger partial charge in [-0.25, -0.2) is 4.68 Å². The highest BCUT2D eigenvalue weighted by atomic mass is 16.5. The molecular weight excluding hydrogens is 214 g/mol. The number of nitrogens with two attached hydrogens (primary N) is 1. The van der Waals surface area contributed by atoms with Crippen molar-refractivity contribution in [2.24, 2.45) is 0 Å². The summed E-state index contributed by atoms with van der Waals surface area (Å²) in [5.41, 5.74) is 10.9. The van der Waals surface area contributed by atoms with E-state index < -0.39 is 0 Å². The van der Waals surface area contributed by atoms with Crippen LogP contribution in [-0.2, 0) is 0 Å². The minimum atomic E-state index is 0.662. The number of hydrogen-bond donors (Lipinski definition) is 1. The van der Waals surface area contributed by atoms with Crippen molar-refractivity contribution >= 4 is 5.69 Å². The lowest BCUT2D eigenvalue weighted by atomic mass is 10.2. The summed E-state index contributed by atoms with van der Waals surface area (Å²) >= 11 is 0. The Bertz CT molecular complexity index is 558. The van der Waals surface area contributed by atoms with E-state index in [0.29, 0.717) is 5.69 Å². The third-order valence-corrected chi connectivity index (χ3v) is 3.12. The number of hydrogen-bond acceptors (Lipinski definition) is 3. The van der Waals surface area contributed by atoms with Gasteiger partial charge in [-0.1, -0.05) is 0 Å². The van der Waals surface area contributed by atoms with E-state index in [1.807, 2.05) is 30.7 Å². The van der Waals surface area contributed by atoms with Gasteiger partial charge in [-0.2, -0.15) is 5.10 Å². The number of methoxy groups -OCH3 is 1. The van der Waals surface area contributed by atoms with Crippen molar-refractivity contribution in [1.29, 1.82) is 0 Å². The lowest BCUT2D eigenvalue weighted by molar-refractivity contribution is 0.415. The molecule has 2 rings (SSSR count). The summed E-state index contributed by atoms with van der Waals surface area (Å²) in [7, 11) is 1.63. The van der Waals surface area contributed by atoms with Gasteiger partial charge in [-0.3, -0.25) is 0 Å². The van der Waals surface area contributed by atoms with Crippen molar-refractivity contribution in [3.05, 3.63) is 35.2 Å². The summed E-state index contributed by atoms with van der Waals surface area (Å²) < 4.78 is 7.01. The molecule has 0 aliphatic heterocycles. The van der Waals surface area contributed by atoms with Crippen molar-refractivity contribution in [3.8, 4) is 11.4 Å². The molecule has 0 amide bonds. The molecule has 1 heterocycles. The van der Waals surface area contributed by atoms with Crippen LogP contribution >= 0.6 is 0 Å². The third-order valence-electron chi connectivity index (χ3n) is 3.12. The Morgan fingerprint density at radius 1 is 1.24 bits per heavy atom. The van der Waals surface area contributed by atoms with Gasteiger partial charge in [0.05, 0.1) is 24.2 Å². The predicted octanol–water partition coefficient (Wildman–Crippen LogP) is 2.39. The van der Waals surface area contributed by atoms with Crippen molar-refractivity contribution in [2.75, 3.05) is 12.8 Å². The first-order valence-corrected chi connectivity index (χ1v) is 5.51. The second kappa shape index (κ2) is 4.13. The van der Waals surface area contributed by atoms with E-state index >= 15 is 0 Å². The van der Waals surface area contributed by atoms with Crippen molar-refractivity contribution in [2.45, 2.75) is 20.8 Å². The molecule has 0 unspecified atom stereocenters. The first-order chi connectivity index (χ1) is 8.04. The maximum atomic E-state index is 6.02. The monoisotopic (exact) mass is 231 g/mol. The largest absolute Gasteiger partial charge is 0.497 e.